The highest BCUT2D eigenvalue weighted by atomic mass is 32.2. The number of nitrogens with two attached hydrogens (primary N) is 1. The molecule has 1 rings (SSSR count). The van der Waals surface area contributed by atoms with E-state index in [2.05, 4.69) is 0 Å². The zero-order chi connectivity index (χ0) is 12.2. The van der Waals surface area contributed by atoms with Gasteiger partial charge in [0.1, 0.15) is 15.6 Å². The highest BCUT2D eigenvalue weighted by Gasteiger charge is 2.03. The Balaban J connectivity index is 2.41. The van der Waals surface area contributed by atoms with Crippen molar-refractivity contribution in [1.82, 2.24) is 0 Å². The topological polar surface area (TPSA) is 80.4 Å². The van der Waals surface area contributed by atoms with Crippen LogP contribution in [0.1, 0.15) is 5.56 Å². The third-order valence-electron chi connectivity index (χ3n) is 1.96. The Kier molecular flexibility index (Phi) is 4.49. The minimum atomic E-state index is -2.88. The first kappa shape index (κ1) is 13.2. The summed E-state index contributed by atoms with van der Waals surface area (Å²) in [4.78, 5) is 0. The molecule has 0 aliphatic rings. The first-order valence-electron chi connectivity index (χ1n) is 4.71. The predicted molar refractivity (Wildman–Crippen MR) is 68.4 cm³/mol. The van der Waals surface area contributed by atoms with Gasteiger partial charge in [-0.1, -0.05) is 6.07 Å². The van der Waals surface area contributed by atoms with E-state index in [-0.39, 0.29) is 11.5 Å². The van der Waals surface area contributed by atoms with Crippen LogP contribution in [0, 0.1) is 0 Å². The second kappa shape index (κ2) is 5.45. The molecule has 0 spiro atoms. The van der Waals surface area contributed by atoms with Crippen molar-refractivity contribution in [3.8, 4) is 5.75 Å². The van der Waals surface area contributed by atoms with E-state index in [1.807, 2.05) is 0 Å². The third kappa shape index (κ3) is 4.76. The fourth-order valence-electron chi connectivity index (χ4n) is 1.09. The average Bonchev–Trinajstić information content (AvgIpc) is 2.17. The summed E-state index contributed by atoms with van der Waals surface area (Å²) < 4.78 is 21.7. The third-order valence-corrected chi connectivity index (χ3v) is 4.19. The number of nitrogen functional groups attached to an aromatic ring is 1. The van der Waals surface area contributed by atoms with Gasteiger partial charge in [0.05, 0.1) is 11.4 Å². The number of anilines is 1. The maximum atomic E-state index is 10.9. The summed E-state index contributed by atoms with van der Waals surface area (Å²) in [7, 11) is -2.88. The minimum Gasteiger partial charge on any atom is -0.506 e. The van der Waals surface area contributed by atoms with Gasteiger partial charge in [0, 0.05) is 17.8 Å². The molecule has 0 unspecified atom stereocenters. The van der Waals surface area contributed by atoms with Gasteiger partial charge >= 0.3 is 0 Å². The highest BCUT2D eigenvalue weighted by molar-refractivity contribution is 7.99. The Hall–Kier alpha value is -0.880. The fourth-order valence-corrected chi connectivity index (χ4v) is 3.34. The molecule has 3 N–H and O–H groups in total. The van der Waals surface area contributed by atoms with Crippen molar-refractivity contribution in [1.29, 1.82) is 0 Å². The van der Waals surface area contributed by atoms with Crippen LogP contribution >= 0.6 is 11.8 Å². The first-order valence-corrected chi connectivity index (χ1v) is 7.93. The van der Waals surface area contributed by atoms with Gasteiger partial charge in [-0.3, -0.25) is 0 Å². The van der Waals surface area contributed by atoms with Gasteiger partial charge in [0.15, 0.2) is 0 Å². The molecule has 0 radical (unpaired) electrons. The van der Waals surface area contributed by atoms with E-state index in [4.69, 9.17) is 5.73 Å². The van der Waals surface area contributed by atoms with E-state index in [0.717, 1.165) is 5.56 Å². The van der Waals surface area contributed by atoms with Gasteiger partial charge in [0.2, 0.25) is 0 Å². The smallest absolute Gasteiger partial charge is 0.148 e. The molecule has 4 nitrogen and oxygen atoms in total. The molecule has 90 valence electrons. The molecule has 0 saturated heterocycles. The summed E-state index contributed by atoms with van der Waals surface area (Å²) in [5.41, 5.74) is 6.87. The Morgan fingerprint density at radius 3 is 2.69 bits per heavy atom. The standard InChI is InChI=1S/C10H15NO3S2/c1-16(13,14)5-4-15-7-8-2-3-10(12)9(11)6-8/h2-3,6,12H,4-5,7,11H2,1H3. The maximum Gasteiger partial charge on any atom is 0.148 e. The number of phenols is 1. The number of phenolic OH excluding ortho intramolecular Hbond substituents is 1. The molecule has 0 amide bonds. The van der Waals surface area contributed by atoms with Crippen molar-refractivity contribution in [3.05, 3.63) is 23.8 Å². The number of hydrogen-bond donors (Lipinski definition) is 2. The van der Waals surface area contributed by atoms with Crippen LogP contribution in [0.25, 0.3) is 0 Å². The van der Waals surface area contributed by atoms with E-state index in [9.17, 15) is 13.5 Å². The summed E-state index contributed by atoms with van der Waals surface area (Å²) >= 11 is 1.53. The van der Waals surface area contributed by atoms with E-state index in [1.54, 1.807) is 18.2 Å². The Bertz CT molecular complexity index is 457. The maximum absolute atomic E-state index is 10.9. The summed E-state index contributed by atoms with van der Waals surface area (Å²) in [6, 6.07) is 5.02. The second-order valence-electron chi connectivity index (χ2n) is 3.58. The number of thioether (sulfide) groups is 1. The molecule has 0 heterocycles. The molecule has 0 aliphatic heterocycles. The van der Waals surface area contributed by atoms with Crippen molar-refractivity contribution < 1.29 is 13.5 Å². The highest BCUT2D eigenvalue weighted by Crippen LogP contribution is 2.22. The molecule has 1 aromatic carbocycles. The molecule has 0 atom stereocenters. The van der Waals surface area contributed by atoms with Crippen molar-refractivity contribution in [2.24, 2.45) is 0 Å². The van der Waals surface area contributed by atoms with Crippen LogP contribution in [0.15, 0.2) is 18.2 Å². The molecule has 0 fully saturated rings. The van der Waals surface area contributed by atoms with Gasteiger partial charge in [-0.25, -0.2) is 8.42 Å². The monoisotopic (exact) mass is 261 g/mol. The average molecular weight is 261 g/mol. The largest absolute Gasteiger partial charge is 0.506 e. The Labute approximate surface area is 99.8 Å². The minimum absolute atomic E-state index is 0.0740. The van der Waals surface area contributed by atoms with E-state index < -0.39 is 9.84 Å². The first-order chi connectivity index (χ1) is 7.38. The van der Waals surface area contributed by atoms with Crippen molar-refractivity contribution >= 4 is 27.3 Å². The van der Waals surface area contributed by atoms with Gasteiger partial charge in [-0.15, -0.1) is 0 Å². The predicted octanol–water partition coefficient (Wildman–Crippen LogP) is 1.25. The number of aromatic hydroxyl groups is 1. The fraction of sp³-hybridized carbons (Fsp3) is 0.400. The summed E-state index contributed by atoms with van der Waals surface area (Å²) in [5, 5.41) is 9.21. The van der Waals surface area contributed by atoms with Gasteiger partial charge in [-0.2, -0.15) is 11.8 Å². The SMILES string of the molecule is CS(=O)(=O)CCSCc1ccc(O)c(N)c1. The van der Waals surface area contributed by atoms with E-state index in [1.165, 1.54) is 18.0 Å². The normalized spacial score (nSPS) is 11.6. The number of hydrogen-bond acceptors (Lipinski definition) is 5. The molecular formula is C10H15NO3S2. The zero-order valence-electron chi connectivity index (χ0n) is 9.01. The van der Waals surface area contributed by atoms with Crippen LogP contribution in [-0.2, 0) is 15.6 Å². The van der Waals surface area contributed by atoms with Crippen LogP contribution < -0.4 is 5.73 Å². The van der Waals surface area contributed by atoms with Crippen molar-refractivity contribution in [2.75, 3.05) is 23.5 Å². The molecule has 1 aromatic rings. The van der Waals surface area contributed by atoms with E-state index in [0.29, 0.717) is 17.2 Å². The van der Waals surface area contributed by atoms with Gasteiger partial charge in [0.25, 0.3) is 0 Å². The van der Waals surface area contributed by atoms with Gasteiger partial charge in [-0.05, 0) is 17.7 Å². The van der Waals surface area contributed by atoms with Crippen molar-refractivity contribution in [3.63, 3.8) is 0 Å². The Morgan fingerprint density at radius 2 is 2.12 bits per heavy atom. The summed E-state index contributed by atoms with van der Waals surface area (Å²) in [6.45, 7) is 0. The molecule has 0 saturated carbocycles. The van der Waals surface area contributed by atoms with Crippen LogP contribution in [-0.4, -0.2) is 31.3 Å². The van der Waals surface area contributed by atoms with Crippen LogP contribution in [0.5, 0.6) is 5.75 Å². The summed E-state index contributed by atoms with van der Waals surface area (Å²) in [6.07, 6.45) is 1.23. The van der Waals surface area contributed by atoms with Crippen LogP contribution in [0.3, 0.4) is 0 Å². The number of sulfone groups is 1. The van der Waals surface area contributed by atoms with Gasteiger partial charge < -0.3 is 10.8 Å². The van der Waals surface area contributed by atoms with Crippen LogP contribution in [0.2, 0.25) is 0 Å². The van der Waals surface area contributed by atoms with Crippen LogP contribution in [0.4, 0.5) is 5.69 Å². The molecule has 0 aliphatic carbocycles. The van der Waals surface area contributed by atoms with E-state index >= 15 is 0 Å². The lowest BCUT2D eigenvalue weighted by Gasteiger charge is -2.04. The molecule has 16 heavy (non-hydrogen) atoms. The quantitative estimate of drug-likeness (QED) is 0.474. The van der Waals surface area contributed by atoms with Crippen molar-refractivity contribution in [2.45, 2.75) is 5.75 Å². The lowest BCUT2D eigenvalue weighted by molar-refractivity contribution is 0.478. The Morgan fingerprint density at radius 1 is 1.44 bits per heavy atom. The summed E-state index contributed by atoms with van der Waals surface area (Å²) in [5.74, 6) is 1.52. The molecule has 0 bridgehead atoms. The zero-order valence-corrected chi connectivity index (χ0v) is 10.6. The lowest BCUT2D eigenvalue weighted by Crippen LogP contribution is -2.05. The lowest BCUT2D eigenvalue weighted by atomic mass is 10.2. The molecular weight excluding hydrogens is 246 g/mol. The number of benzene rings is 1. The molecule has 6 heteroatoms. The number of rotatable bonds is 5. The second-order valence-corrected chi connectivity index (χ2v) is 6.94. The molecule has 0 aromatic heterocycles.